The van der Waals surface area contributed by atoms with Gasteiger partial charge in [-0.2, -0.15) is 0 Å². The first-order valence-corrected chi connectivity index (χ1v) is 9.81. The molecule has 3 aliphatic rings. The molecule has 0 atom stereocenters. The fourth-order valence-electron chi connectivity index (χ4n) is 3.68. The Hall–Kier alpha value is -1.62. The van der Waals surface area contributed by atoms with Crippen LogP contribution in [0.2, 0.25) is 0 Å². The highest BCUT2D eigenvalue weighted by molar-refractivity contribution is 5.99. The lowest BCUT2D eigenvalue weighted by molar-refractivity contribution is 0.0952. The number of carbonyl (C=O) groups excluding carboxylic acids is 1. The van der Waals surface area contributed by atoms with Gasteiger partial charge < -0.3 is 15.1 Å². The third-order valence-electron chi connectivity index (χ3n) is 5.66. The lowest BCUT2D eigenvalue weighted by atomic mass is 10.0. The minimum Gasteiger partial charge on any atom is -0.362 e. The van der Waals surface area contributed by atoms with Gasteiger partial charge in [0.25, 0.3) is 5.91 Å². The second kappa shape index (κ2) is 6.94. The largest absolute Gasteiger partial charge is 0.362 e. The molecule has 1 aliphatic heterocycles. The molecule has 136 valence electrons. The van der Waals surface area contributed by atoms with E-state index in [4.69, 9.17) is 4.98 Å². The first-order valence-electron chi connectivity index (χ1n) is 9.81. The molecule has 2 aliphatic carbocycles. The average Bonchev–Trinajstić information content (AvgIpc) is 3.47. The van der Waals surface area contributed by atoms with Crippen molar-refractivity contribution in [2.75, 3.05) is 45.2 Å². The van der Waals surface area contributed by atoms with Crippen LogP contribution >= 0.6 is 0 Å². The molecule has 1 N–H and O–H groups in total. The molecule has 2 heterocycles. The molecule has 2 fully saturated rings. The fraction of sp³-hybridized carbons (Fsp3) is 0.700. The van der Waals surface area contributed by atoms with E-state index in [-0.39, 0.29) is 5.91 Å². The van der Waals surface area contributed by atoms with Gasteiger partial charge in [0.1, 0.15) is 5.82 Å². The summed E-state index contributed by atoms with van der Waals surface area (Å²) >= 11 is 0. The van der Waals surface area contributed by atoms with Crippen molar-refractivity contribution in [3.05, 3.63) is 22.9 Å². The fourth-order valence-corrected chi connectivity index (χ4v) is 3.68. The highest BCUT2D eigenvalue weighted by atomic mass is 16.1. The van der Waals surface area contributed by atoms with Crippen LogP contribution in [0.4, 0.5) is 5.82 Å². The van der Waals surface area contributed by atoms with Crippen LogP contribution in [0.5, 0.6) is 0 Å². The number of hydrogen-bond acceptors (Lipinski definition) is 4. The van der Waals surface area contributed by atoms with Crippen LogP contribution in [0, 0.1) is 11.8 Å². The summed E-state index contributed by atoms with van der Waals surface area (Å²) in [6.45, 7) is 4.23. The molecular weight excluding hydrogens is 312 g/mol. The van der Waals surface area contributed by atoms with Crippen molar-refractivity contribution in [2.24, 2.45) is 11.8 Å². The van der Waals surface area contributed by atoms with E-state index >= 15 is 0 Å². The summed E-state index contributed by atoms with van der Waals surface area (Å²) in [6, 6.07) is 2.11. The summed E-state index contributed by atoms with van der Waals surface area (Å²) in [6.07, 6.45) is 7.30. The van der Waals surface area contributed by atoms with Gasteiger partial charge >= 0.3 is 0 Å². The maximum Gasteiger partial charge on any atom is 0.255 e. The molecular formula is C20H30N4O. The molecule has 0 unspecified atom stereocenters. The van der Waals surface area contributed by atoms with Gasteiger partial charge in [0, 0.05) is 52.4 Å². The van der Waals surface area contributed by atoms with Gasteiger partial charge in [-0.25, -0.2) is 4.98 Å². The van der Waals surface area contributed by atoms with E-state index in [0.29, 0.717) is 5.92 Å². The van der Waals surface area contributed by atoms with Gasteiger partial charge in [0.2, 0.25) is 0 Å². The zero-order valence-electron chi connectivity index (χ0n) is 15.6. The predicted octanol–water partition coefficient (Wildman–Crippen LogP) is 2.10. The SMILES string of the molecule is CN(C)c1nc2c(cc1C(=O)NCC1CC1)CCN(CC1CC1)CC2. The van der Waals surface area contributed by atoms with Gasteiger partial charge in [-0.3, -0.25) is 4.79 Å². The molecule has 1 aromatic heterocycles. The summed E-state index contributed by atoms with van der Waals surface area (Å²) in [5.41, 5.74) is 3.18. The molecule has 0 saturated heterocycles. The van der Waals surface area contributed by atoms with Crippen LogP contribution in [-0.2, 0) is 12.8 Å². The van der Waals surface area contributed by atoms with E-state index in [9.17, 15) is 4.79 Å². The Morgan fingerprint density at radius 2 is 1.92 bits per heavy atom. The Kier molecular flexibility index (Phi) is 4.67. The summed E-state index contributed by atoms with van der Waals surface area (Å²) in [5.74, 6) is 2.46. The third kappa shape index (κ3) is 4.14. The molecule has 0 radical (unpaired) electrons. The Bertz CT molecular complexity index is 649. The normalized spacial score (nSPS) is 20.7. The zero-order chi connectivity index (χ0) is 17.4. The maximum atomic E-state index is 12.7. The van der Waals surface area contributed by atoms with Crippen molar-refractivity contribution in [1.82, 2.24) is 15.2 Å². The molecule has 2 saturated carbocycles. The minimum absolute atomic E-state index is 0.0324. The quantitative estimate of drug-likeness (QED) is 0.860. The Morgan fingerprint density at radius 1 is 1.20 bits per heavy atom. The summed E-state index contributed by atoms with van der Waals surface area (Å²) < 4.78 is 0. The number of pyridine rings is 1. The topological polar surface area (TPSA) is 48.5 Å². The highest BCUT2D eigenvalue weighted by Gasteiger charge is 2.27. The molecule has 5 nitrogen and oxygen atoms in total. The second-order valence-electron chi connectivity index (χ2n) is 8.26. The molecule has 0 spiro atoms. The predicted molar refractivity (Wildman–Crippen MR) is 100 cm³/mol. The van der Waals surface area contributed by atoms with E-state index in [1.54, 1.807) is 0 Å². The molecule has 4 rings (SSSR count). The van der Waals surface area contributed by atoms with E-state index in [0.717, 1.165) is 49.8 Å². The second-order valence-corrected chi connectivity index (χ2v) is 8.26. The number of anilines is 1. The third-order valence-corrected chi connectivity index (χ3v) is 5.66. The highest BCUT2D eigenvalue weighted by Crippen LogP contribution is 2.31. The van der Waals surface area contributed by atoms with Gasteiger partial charge in [0.05, 0.1) is 5.56 Å². The standard InChI is InChI=1S/C20H30N4O/c1-23(2)19-17(20(25)21-12-14-3-4-14)11-16-7-9-24(13-15-5-6-15)10-8-18(16)22-19/h11,14-15H,3-10,12-13H2,1-2H3,(H,21,25). The number of amides is 1. The smallest absolute Gasteiger partial charge is 0.255 e. The van der Waals surface area contributed by atoms with E-state index in [1.807, 2.05) is 19.0 Å². The van der Waals surface area contributed by atoms with Crippen LogP contribution in [0.15, 0.2) is 6.07 Å². The molecule has 5 heteroatoms. The van der Waals surface area contributed by atoms with Gasteiger partial charge in [-0.1, -0.05) is 0 Å². The zero-order valence-corrected chi connectivity index (χ0v) is 15.6. The number of fused-ring (bicyclic) bond motifs is 1. The van der Waals surface area contributed by atoms with Crippen molar-refractivity contribution in [2.45, 2.75) is 38.5 Å². The van der Waals surface area contributed by atoms with Crippen LogP contribution in [0.25, 0.3) is 0 Å². The van der Waals surface area contributed by atoms with Crippen LogP contribution < -0.4 is 10.2 Å². The number of nitrogens with one attached hydrogen (secondary N) is 1. The molecule has 1 amide bonds. The summed E-state index contributed by atoms with van der Waals surface area (Å²) in [4.78, 5) is 22.2. The van der Waals surface area contributed by atoms with Crippen molar-refractivity contribution < 1.29 is 4.79 Å². The Balaban J connectivity index is 1.53. The lowest BCUT2D eigenvalue weighted by Crippen LogP contribution is -2.28. The van der Waals surface area contributed by atoms with Crippen molar-refractivity contribution in [1.29, 1.82) is 0 Å². The van der Waals surface area contributed by atoms with E-state index in [2.05, 4.69) is 16.3 Å². The Morgan fingerprint density at radius 3 is 2.60 bits per heavy atom. The van der Waals surface area contributed by atoms with Crippen molar-refractivity contribution in [3.8, 4) is 0 Å². The van der Waals surface area contributed by atoms with Crippen molar-refractivity contribution in [3.63, 3.8) is 0 Å². The van der Waals surface area contributed by atoms with Crippen molar-refractivity contribution >= 4 is 11.7 Å². The number of nitrogens with zero attached hydrogens (tertiary/aromatic N) is 3. The molecule has 0 aromatic carbocycles. The first kappa shape index (κ1) is 16.8. The number of carbonyl (C=O) groups is 1. The number of rotatable bonds is 6. The number of hydrogen-bond donors (Lipinski definition) is 1. The monoisotopic (exact) mass is 342 g/mol. The maximum absolute atomic E-state index is 12.7. The van der Waals surface area contributed by atoms with Gasteiger partial charge in [0.15, 0.2) is 0 Å². The molecule has 1 aromatic rings. The van der Waals surface area contributed by atoms with Crippen LogP contribution in [-0.4, -0.2) is 56.1 Å². The van der Waals surface area contributed by atoms with E-state index in [1.165, 1.54) is 43.5 Å². The molecule has 0 bridgehead atoms. The lowest BCUT2D eigenvalue weighted by Gasteiger charge is -2.19. The summed E-state index contributed by atoms with van der Waals surface area (Å²) in [5, 5.41) is 3.11. The van der Waals surface area contributed by atoms with Crippen LogP contribution in [0.3, 0.4) is 0 Å². The molecule has 25 heavy (non-hydrogen) atoms. The number of aromatic nitrogens is 1. The average molecular weight is 342 g/mol. The minimum atomic E-state index is 0.0324. The van der Waals surface area contributed by atoms with Gasteiger partial charge in [-0.15, -0.1) is 0 Å². The Labute approximate surface area is 150 Å². The van der Waals surface area contributed by atoms with Crippen LogP contribution in [0.1, 0.15) is 47.3 Å². The first-order chi connectivity index (χ1) is 12.1. The van der Waals surface area contributed by atoms with Gasteiger partial charge in [-0.05, 0) is 55.6 Å². The summed E-state index contributed by atoms with van der Waals surface area (Å²) in [7, 11) is 3.95. The van der Waals surface area contributed by atoms with E-state index < -0.39 is 0 Å².